The standard InChI is InChI=1S/C24H26N2O3/c1-15-13-17-7-10-19(14-20(17)26-23(15)29)25-22(28)12-11-21(27)16-5-8-18(9-6-16)24(2,3)4/h5-10,13-14H,11-12H2,1-4H3,(H,25,28)(H,26,29). The number of anilines is 1. The number of hydrogen-bond acceptors (Lipinski definition) is 3. The Labute approximate surface area is 170 Å². The summed E-state index contributed by atoms with van der Waals surface area (Å²) < 4.78 is 0. The van der Waals surface area contributed by atoms with Crippen molar-refractivity contribution in [2.45, 2.75) is 46.0 Å². The third kappa shape index (κ3) is 4.99. The van der Waals surface area contributed by atoms with E-state index in [1.165, 1.54) is 0 Å². The highest BCUT2D eigenvalue weighted by Gasteiger charge is 2.15. The molecular weight excluding hydrogens is 364 g/mol. The van der Waals surface area contributed by atoms with Crippen LogP contribution in [-0.4, -0.2) is 16.7 Å². The van der Waals surface area contributed by atoms with Crippen LogP contribution in [0.3, 0.4) is 0 Å². The molecule has 3 aromatic rings. The summed E-state index contributed by atoms with van der Waals surface area (Å²) >= 11 is 0. The molecule has 29 heavy (non-hydrogen) atoms. The summed E-state index contributed by atoms with van der Waals surface area (Å²) in [5, 5.41) is 3.69. The van der Waals surface area contributed by atoms with Crippen molar-refractivity contribution in [2.75, 3.05) is 5.32 Å². The number of Topliss-reactive ketones (excluding diaryl/α,β-unsaturated/α-hetero) is 1. The molecule has 0 atom stereocenters. The summed E-state index contributed by atoms with van der Waals surface area (Å²) in [5.41, 5.74) is 3.55. The van der Waals surface area contributed by atoms with Gasteiger partial charge in [0.05, 0.1) is 5.52 Å². The summed E-state index contributed by atoms with van der Waals surface area (Å²) in [7, 11) is 0. The number of aromatic amines is 1. The number of pyridine rings is 1. The molecule has 1 heterocycles. The molecule has 0 aliphatic rings. The second-order valence-electron chi connectivity index (χ2n) is 8.38. The van der Waals surface area contributed by atoms with Crippen molar-refractivity contribution in [2.24, 2.45) is 0 Å². The largest absolute Gasteiger partial charge is 0.326 e. The lowest BCUT2D eigenvalue weighted by molar-refractivity contribution is -0.116. The van der Waals surface area contributed by atoms with Crippen molar-refractivity contribution in [3.05, 3.63) is 75.6 Å². The number of fused-ring (bicyclic) bond motifs is 1. The Bertz CT molecular complexity index is 1120. The molecule has 3 rings (SSSR count). The summed E-state index contributed by atoms with van der Waals surface area (Å²) in [6.07, 6.45) is 0.243. The van der Waals surface area contributed by atoms with E-state index in [4.69, 9.17) is 0 Å². The van der Waals surface area contributed by atoms with Crippen LogP contribution >= 0.6 is 0 Å². The number of aromatic nitrogens is 1. The van der Waals surface area contributed by atoms with Gasteiger partial charge in [-0.25, -0.2) is 0 Å². The molecule has 0 aliphatic carbocycles. The van der Waals surface area contributed by atoms with Crippen LogP contribution in [0.1, 0.15) is 55.1 Å². The van der Waals surface area contributed by atoms with Gasteiger partial charge in [0, 0.05) is 29.7 Å². The van der Waals surface area contributed by atoms with Crippen LogP contribution in [0, 0.1) is 6.92 Å². The first kappa shape index (κ1) is 20.5. The fourth-order valence-electron chi connectivity index (χ4n) is 3.14. The number of nitrogens with one attached hydrogen (secondary N) is 2. The number of hydrogen-bond donors (Lipinski definition) is 2. The molecule has 0 saturated heterocycles. The maximum atomic E-state index is 12.4. The SMILES string of the molecule is Cc1cc2ccc(NC(=O)CCC(=O)c3ccc(C(C)(C)C)cc3)cc2[nH]c1=O. The molecule has 2 aromatic carbocycles. The van der Waals surface area contributed by atoms with Gasteiger partial charge in [-0.2, -0.15) is 0 Å². The van der Waals surface area contributed by atoms with Gasteiger partial charge in [0.15, 0.2) is 5.78 Å². The van der Waals surface area contributed by atoms with Gasteiger partial charge in [0.25, 0.3) is 5.56 Å². The van der Waals surface area contributed by atoms with Gasteiger partial charge < -0.3 is 10.3 Å². The van der Waals surface area contributed by atoms with Gasteiger partial charge in [-0.05, 0) is 41.5 Å². The number of benzene rings is 2. The minimum absolute atomic E-state index is 0.0320. The monoisotopic (exact) mass is 390 g/mol. The number of ketones is 1. The predicted octanol–water partition coefficient (Wildman–Crippen LogP) is 4.74. The van der Waals surface area contributed by atoms with Gasteiger partial charge in [-0.3, -0.25) is 14.4 Å². The van der Waals surface area contributed by atoms with Gasteiger partial charge in [0.2, 0.25) is 5.91 Å². The van der Waals surface area contributed by atoms with E-state index in [1.807, 2.05) is 36.4 Å². The molecule has 1 amide bonds. The molecule has 0 saturated carbocycles. The van der Waals surface area contributed by atoms with Crippen LogP contribution in [0.5, 0.6) is 0 Å². The fraction of sp³-hybridized carbons (Fsp3) is 0.292. The van der Waals surface area contributed by atoms with Gasteiger partial charge in [-0.1, -0.05) is 51.1 Å². The van der Waals surface area contributed by atoms with Gasteiger partial charge >= 0.3 is 0 Å². The zero-order valence-electron chi connectivity index (χ0n) is 17.3. The van der Waals surface area contributed by atoms with E-state index in [9.17, 15) is 14.4 Å². The number of H-pyrrole nitrogens is 1. The summed E-state index contributed by atoms with van der Waals surface area (Å²) in [4.78, 5) is 39.2. The highest BCUT2D eigenvalue weighted by Crippen LogP contribution is 2.23. The van der Waals surface area contributed by atoms with E-state index >= 15 is 0 Å². The minimum atomic E-state index is -0.238. The molecule has 150 valence electrons. The van der Waals surface area contributed by atoms with E-state index in [0.29, 0.717) is 22.3 Å². The lowest BCUT2D eigenvalue weighted by Gasteiger charge is -2.18. The van der Waals surface area contributed by atoms with Crippen LogP contribution in [0.15, 0.2) is 53.3 Å². The Hall–Kier alpha value is -3.21. The average Bonchev–Trinajstić information content (AvgIpc) is 2.66. The molecule has 0 spiro atoms. The molecule has 2 N–H and O–H groups in total. The number of aryl methyl sites for hydroxylation is 1. The van der Waals surface area contributed by atoms with E-state index in [0.717, 1.165) is 10.9 Å². The van der Waals surface area contributed by atoms with Crippen molar-refractivity contribution >= 4 is 28.3 Å². The quantitative estimate of drug-likeness (QED) is 0.618. The lowest BCUT2D eigenvalue weighted by Crippen LogP contribution is -2.14. The summed E-state index contributed by atoms with van der Waals surface area (Å²) in [6, 6.07) is 14.7. The van der Waals surface area contributed by atoms with E-state index in [1.54, 1.807) is 19.1 Å². The van der Waals surface area contributed by atoms with Crippen LogP contribution < -0.4 is 10.9 Å². The predicted molar refractivity (Wildman–Crippen MR) is 117 cm³/mol. The van der Waals surface area contributed by atoms with E-state index < -0.39 is 0 Å². The first-order valence-electron chi connectivity index (χ1n) is 9.71. The van der Waals surface area contributed by atoms with Crippen molar-refractivity contribution in [3.8, 4) is 0 Å². The highest BCUT2D eigenvalue weighted by atomic mass is 16.2. The van der Waals surface area contributed by atoms with E-state index in [2.05, 4.69) is 31.1 Å². The maximum Gasteiger partial charge on any atom is 0.251 e. The number of carbonyl (C=O) groups excluding carboxylic acids is 2. The minimum Gasteiger partial charge on any atom is -0.326 e. The molecule has 0 unspecified atom stereocenters. The Morgan fingerprint density at radius 3 is 2.31 bits per heavy atom. The number of carbonyl (C=O) groups is 2. The summed E-state index contributed by atoms with van der Waals surface area (Å²) in [6.45, 7) is 8.12. The third-order valence-electron chi connectivity index (χ3n) is 4.97. The second kappa shape index (κ2) is 8.03. The molecular formula is C24H26N2O3. The molecule has 1 aromatic heterocycles. The second-order valence-corrected chi connectivity index (χ2v) is 8.38. The van der Waals surface area contributed by atoms with Crippen LogP contribution in [0.2, 0.25) is 0 Å². The number of amides is 1. The highest BCUT2D eigenvalue weighted by molar-refractivity contribution is 6.00. The molecule has 5 nitrogen and oxygen atoms in total. The molecule has 0 fully saturated rings. The zero-order chi connectivity index (χ0) is 21.2. The van der Waals surface area contributed by atoms with Crippen LogP contribution in [0.4, 0.5) is 5.69 Å². The van der Waals surface area contributed by atoms with Gasteiger partial charge in [-0.15, -0.1) is 0 Å². The smallest absolute Gasteiger partial charge is 0.251 e. The third-order valence-corrected chi connectivity index (χ3v) is 4.97. The van der Waals surface area contributed by atoms with Crippen molar-refractivity contribution in [3.63, 3.8) is 0 Å². The average molecular weight is 390 g/mol. The Morgan fingerprint density at radius 1 is 0.966 bits per heavy atom. The first-order valence-corrected chi connectivity index (χ1v) is 9.71. The topological polar surface area (TPSA) is 79.0 Å². The normalized spacial score (nSPS) is 11.4. The fourth-order valence-corrected chi connectivity index (χ4v) is 3.14. The summed E-state index contributed by atoms with van der Waals surface area (Å²) in [5.74, 6) is -0.294. The van der Waals surface area contributed by atoms with Gasteiger partial charge in [0.1, 0.15) is 0 Å². The van der Waals surface area contributed by atoms with Crippen molar-refractivity contribution in [1.82, 2.24) is 4.98 Å². The van der Waals surface area contributed by atoms with Crippen molar-refractivity contribution < 1.29 is 9.59 Å². The maximum absolute atomic E-state index is 12.4. The molecule has 0 radical (unpaired) electrons. The molecule has 5 heteroatoms. The Balaban J connectivity index is 1.61. The Kier molecular flexibility index (Phi) is 5.69. The van der Waals surface area contributed by atoms with E-state index in [-0.39, 0.29) is 35.5 Å². The van der Waals surface area contributed by atoms with Crippen molar-refractivity contribution in [1.29, 1.82) is 0 Å². The number of rotatable bonds is 5. The molecule has 0 bridgehead atoms. The zero-order valence-corrected chi connectivity index (χ0v) is 17.3. The Morgan fingerprint density at radius 2 is 1.66 bits per heavy atom. The lowest BCUT2D eigenvalue weighted by atomic mass is 9.86. The molecule has 0 aliphatic heterocycles. The van der Waals surface area contributed by atoms with Crippen LogP contribution in [0.25, 0.3) is 10.9 Å². The first-order chi connectivity index (χ1) is 13.6. The van der Waals surface area contributed by atoms with Crippen LogP contribution in [-0.2, 0) is 10.2 Å².